The first-order valence-corrected chi connectivity index (χ1v) is 21.7. The van der Waals surface area contributed by atoms with Crippen LogP contribution in [0.5, 0.6) is 0 Å². The van der Waals surface area contributed by atoms with Gasteiger partial charge in [0.25, 0.3) is 0 Å². The van der Waals surface area contributed by atoms with E-state index in [1.165, 1.54) is 13.8 Å². The lowest BCUT2D eigenvalue weighted by Crippen LogP contribution is -2.67. The third kappa shape index (κ3) is 14.3. The number of hydrogen-bond acceptors (Lipinski definition) is 16. The van der Waals surface area contributed by atoms with E-state index in [4.69, 9.17) is 33.2 Å². The average molecular weight is 863 g/mol. The number of nitrogens with one attached hydrogen (secondary N) is 2. The van der Waals surface area contributed by atoms with Crippen molar-refractivity contribution < 1.29 is 83.0 Å². The third-order valence-electron chi connectivity index (χ3n) is 12.1. The molecule has 2 aliphatic heterocycles. The molecule has 2 heterocycles. The number of carboxylic acids is 1. The van der Waals surface area contributed by atoms with Crippen LogP contribution in [0.15, 0.2) is 0 Å². The standard InChI is InChI=1S/C41H70N2O17/c1-5-25-18-26(27(46)13-10-14-42-31(47)21-55-16-15-54-6-2)19-28(37(25)60-41-36(51)35(50)33(48)22(3)56-41)58-40-32(43-23(4)45)38(34(49)30(20-44)59-40)57-29(39(52)53)17-24-11-8-7-9-12-24/h22,24-26,28-30,32-38,40-41,44,48-51H,5-21H2,1-4H3,(H,42,47)(H,43,45)(H,52,53)/t22?,25?,26?,28-,29+,30+,32?,33-,34+,35+,36?,37-,38?,40-,41+/m1/s1. The van der Waals surface area contributed by atoms with Crippen molar-refractivity contribution in [3.05, 3.63) is 0 Å². The molecule has 4 rings (SSSR count). The Kier molecular flexibility index (Phi) is 21.0. The topological polar surface area (TPSA) is 278 Å². The largest absolute Gasteiger partial charge is 0.479 e. The van der Waals surface area contributed by atoms with Gasteiger partial charge in [0.1, 0.15) is 55.1 Å². The number of carboxylic acid groups (broad SMARTS) is 1. The fourth-order valence-corrected chi connectivity index (χ4v) is 8.80. The molecule has 4 fully saturated rings. The monoisotopic (exact) mass is 862 g/mol. The summed E-state index contributed by atoms with van der Waals surface area (Å²) in [5, 5.41) is 69.4. The van der Waals surface area contributed by atoms with Gasteiger partial charge in [-0.1, -0.05) is 45.4 Å². The van der Waals surface area contributed by atoms with Gasteiger partial charge in [-0.3, -0.25) is 14.4 Å². The Labute approximate surface area is 352 Å². The van der Waals surface area contributed by atoms with E-state index in [-0.39, 0.29) is 56.6 Å². The zero-order valence-corrected chi connectivity index (χ0v) is 35.4. The average Bonchev–Trinajstić information content (AvgIpc) is 3.22. The molecule has 0 aromatic heterocycles. The van der Waals surface area contributed by atoms with Crippen LogP contribution in [0, 0.1) is 17.8 Å². The summed E-state index contributed by atoms with van der Waals surface area (Å²) in [6.45, 7) is 7.05. The van der Waals surface area contributed by atoms with Crippen LogP contribution < -0.4 is 10.6 Å². The predicted molar refractivity (Wildman–Crippen MR) is 210 cm³/mol. The first-order chi connectivity index (χ1) is 28.7. The Bertz CT molecular complexity index is 1340. The molecule has 0 bridgehead atoms. The number of carbonyl (C=O) groups is 4. The van der Waals surface area contributed by atoms with Crippen LogP contribution in [-0.2, 0) is 52.3 Å². The molecule has 15 atom stereocenters. The number of rotatable bonds is 23. The summed E-state index contributed by atoms with van der Waals surface area (Å²) in [4.78, 5) is 51.4. The Morgan fingerprint density at radius 1 is 0.850 bits per heavy atom. The maximum atomic E-state index is 13.8. The smallest absolute Gasteiger partial charge is 0.332 e. The lowest BCUT2D eigenvalue weighted by molar-refractivity contribution is -0.338. The van der Waals surface area contributed by atoms with Crippen LogP contribution in [0.3, 0.4) is 0 Å². The number of carbonyl (C=O) groups excluding carboxylic acids is 3. The van der Waals surface area contributed by atoms with Gasteiger partial charge in [-0.15, -0.1) is 0 Å². The Morgan fingerprint density at radius 3 is 2.22 bits per heavy atom. The second-order valence-corrected chi connectivity index (χ2v) is 16.6. The number of amides is 2. The molecule has 2 amide bonds. The van der Waals surface area contributed by atoms with Gasteiger partial charge in [0.2, 0.25) is 11.8 Å². The van der Waals surface area contributed by atoms with Gasteiger partial charge in [0, 0.05) is 32.4 Å². The first kappa shape index (κ1) is 50.2. The number of aliphatic carboxylic acids is 1. The lowest BCUT2D eigenvalue weighted by Gasteiger charge is -2.49. The van der Waals surface area contributed by atoms with E-state index in [1.54, 1.807) is 0 Å². The quantitative estimate of drug-likeness (QED) is 0.0625. The van der Waals surface area contributed by atoms with Gasteiger partial charge >= 0.3 is 5.97 Å². The van der Waals surface area contributed by atoms with Crippen LogP contribution in [0.25, 0.3) is 0 Å². The summed E-state index contributed by atoms with van der Waals surface area (Å²) in [5.74, 6) is -3.15. The fraction of sp³-hybridized carbons (Fsp3) is 0.902. The summed E-state index contributed by atoms with van der Waals surface area (Å²) in [7, 11) is 0. The SMILES string of the molecule is CCOCCOCC(=O)NCCCC(=O)C1CC(CC)[C@@H](O[C@@H]2OC(C)[C@@H](O)[C@H](O)C2O)[C@H](O[C@@H]2O[C@@H](CO)[C@H](O)C(O[C@@H](CC3CCCCC3)C(=O)O)C2NC(C)=O)C1. The van der Waals surface area contributed by atoms with E-state index in [2.05, 4.69) is 10.6 Å². The Balaban J connectivity index is 1.57. The molecule has 19 nitrogen and oxygen atoms in total. The van der Waals surface area contributed by atoms with Crippen molar-refractivity contribution in [2.75, 3.05) is 39.6 Å². The normalized spacial score (nSPS) is 35.7. The molecule has 0 radical (unpaired) electrons. The second-order valence-electron chi connectivity index (χ2n) is 16.6. The minimum atomic E-state index is -1.65. The molecule has 0 aromatic carbocycles. The number of hydrogen-bond donors (Lipinski definition) is 8. The fourth-order valence-electron chi connectivity index (χ4n) is 8.80. The number of Topliss-reactive ketones (excluding diaryl/α,β-unsaturated/α-hetero) is 1. The van der Waals surface area contributed by atoms with Crippen LogP contribution in [-0.4, -0.2) is 173 Å². The first-order valence-electron chi connectivity index (χ1n) is 21.7. The predicted octanol–water partition coefficient (Wildman–Crippen LogP) is -0.0693. The molecule has 2 saturated heterocycles. The highest BCUT2D eigenvalue weighted by Crippen LogP contribution is 2.40. The highest BCUT2D eigenvalue weighted by molar-refractivity contribution is 5.81. The van der Waals surface area contributed by atoms with Crippen molar-refractivity contribution in [3.63, 3.8) is 0 Å². The van der Waals surface area contributed by atoms with Crippen LogP contribution in [0.2, 0.25) is 0 Å². The van der Waals surface area contributed by atoms with Crippen molar-refractivity contribution in [2.24, 2.45) is 17.8 Å². The van der Waals surface area contributed by atoms with E-state index in [0.717, 1.165) is 32.1 Å². The molecular formula is C41H70N2O17. The third-order valence-corrected chi connectivity index (χ3v) is 12.1. The van der Waals surface area contributed by atoms with Crippen LogP contribution >= 0.6 is 0 Å². The lowest BCUT2D eigenvalue weighted by atomic mass is 9.74. The highest BCUT2D eigenvalue weighted by Gasteiger charge is 2.52. The van der Waals surface area contributed by atoms with Crippen molar-refractivity contribution >= 4 is 23.6 Å². The maximum Gasteiger partial charge on any atom is 0.332 e. The molecule has 0 aromatic rings. The summed E-state index contributed by atoms with van der Waals surface area (Å²) in [6.07, 6.45) is -9.93. The zero-order valence-electron chi connectivity index (χ0n) is 35.4. The molecule has 60 heavy (non-hydrogen) atoms. The molecule has 6 unspecified atom stereocenters. The van der Waals surface area contributed by atoms with E-state index < -0.39 is 110 Å². The molecule has 19 heteroatoms. The van der Waals surface area contributed by atoms with Gasteiger partial charge in [-0.2, -0.15) is 0 Å². The van der Waals surface area contributed by atoms with Gasteiger partial charge in [0.15, 0.2) is 18.7 Å². The van der Waals surface area contributed by atoms with Gasteiger partial charge in [-0.25, -0.2) is 4.79 Å². The molecule has 2 aliphatic carbocycles. The minimum Gasteiger partial charge on any atom is -0.479 e. The van der Waals surface area contributed by atoms with Crippen molar-refractivity contribution in [2.45, 2.75) is 178 Å². The van der Waals surface area contributed by atoms with Gasteiger partial charge in [-0.05, 0) is 51.4 Å². The maximum absolute atomic E-state index is 13.8. The number of ketones is 1. The van der Waals surface area contributed by atoms with Crippen LogP contribution in [0.1, 0.15) is 98.3 Å². The molecule has 346 valence electrons. The molecule has 4 aliphatic rings. The van der Waals surface area contributed by atoms with Crippen molar-refractivity contribution in [1.82, 2.24) is 10.6 Å². The summed E-state index contributed by atoms with van der Waals surface area (Å²) in [6, 6.07) is -1.30. The van der Waals surface area contributed by atoms with Crippen molar-refractivity contribution in [1.29, 1.82) is 0 Å². The molecule has 8 N–H and O–H groups in total. The van der Waals surface area contributed by atoms with Crippen LogP contribution in [0.4, 0.5) is 0 Å². The zero-order chi connectivity index (χ0) is 43.9. The van der Waals surface area contributed by atoms with E-state index in [0.29, 0.717) is 32.5 Å². The number of aliphatic hydroxyl groups is 5. The van der Waals surface area contributed by atoms with Crippen molar-refractivity contribution in [3.8, 4) is 0 Å². The molecular weight excluding hydrogens is 792 g/mol. The van der Waals surface area contributed by atoms with E-state index in [1.807, 2.05) is 13.8 Å². The van der Waals surface area contributed by atoms with Gasteiger partial charge < -0.3 is 74.4 Å². The number of ether oxygens (including phenoxy) is 7. The van der Waals surface area contributed by atoms with E-state index >= 15 is 0 Å². The second kappa shape index (κ2) is 25.0. The Hall–Kier alpha value is -2.40. The number of aliphatic hydroxyl groups excluding tert-OH is 5. The van der Waals surface area contributed by atoms with E-state index in [9.17, 15) is 49.8 Å². The molecule has 0 spiro atoms. The summed E-state index contributed by atoms with van der Waals surface area (Å²) < 4.78 is 41.6. The highest BCUT2D eigenvalue weighted by atomic mass is 16.7. The van der Waals surface area contributed by atoms with Gasteiger partial charge in [0.05, 0.1) is 38.1 Å². The summed E-state index contributed by atoms with van der Waals surface area (Å²) in [5.41, 5.74) is 0. The summed E-state index contributed by atoms with van der Waals surface area (Å²) >= 11 is 0. The molecule has 2 saturated carbocycles. The minimum absolute atomic E-state index is 0.0491. The Morgan fingerprint density at radius 2 is 1.57 bits per heavy atom.